The highest BCUT2D eigenvalue weighted by Crippen LogP contribution is 2.22. The van der Waals surface area contributed by atoms with Crippen LogP contribution in [0.5, 0.6) is 0 Å². The molecule has 19 heavy (non-hydrogen) atoms. The smallest absolute Gasteiger partial charge is 0.303 e. The molecule has 0 aromatic heterocycles. The minimum absolute atomic E-state index is 0.208. The number of thioether (sulfide) groups is 1. The molecule has 1 aliphatic rings. The Kier molecular flexibility index (Phi) is 5.22. The van der Waals surface area contributed by atoms with Gasteiger partial charge >= 0.3 is 5.97 Å². The number of aliphatic carboxylic acids is 1. The lowest BCUT2D eigenvalue weighted by molar-refractivity contribution is -0.138. The van der Waals surface area contributed by atoms with Gasteiger partial charge in [-0.25, -0.2) is 4.39 Å². The Hall–Kier alpha value is -1.07. The first kappa shape index (κ1) is 14.3. The Bertz CT molecular complexity index is 424. The average Bonchev–Trinajstić information content (AvgIpc) is 2.78. The van der Waals surface area contributed by atoms with Gasteiger partial charge in [-0.1, -0.05) is 0 Å². The van der Waals surface area contributed by atoms with Gasteiger partial charge in [0.15, 0.2) is 0 Å². The van der Waals surface area contributed by atoms with Gasteiger partial charge in [0.2, 0.25) is 0 Å². The van der Waals surface area contributed by atoms with Gasteiger partial charge in [0.25, 0.3) is 0 Å². The number of likely N-dealkylation sites (tertiary alicyclic amines) is 1. The van der Waals surface area contributed by atoms with Gasteiger partial charge in [-0.2, -0.15) is 0 Å². The van der Waals surface area contributed by atoms with Crippen molar-refractivity contribution >= 4 is 17.7 Å². The van der Waals surface area contributed by atoms with E-state index >= 15 is 0 Å². The predicted octanol–water partition coefficient (Wildman–Crippen LogP) is 2.71. The van der Waals surface area contributed by atoms with Crippen LogP contribution in [0.15, 0.2) is 29.2 Å². The van der Waals surface area contributed by atoms with Gasteiger partial charge < -0.3 is 10.0 Å². The summed E-state index contributed by atoms with van der Waals surface area (Å²) in [5, 5.41) is 8.75. The molecular weight excluding hydrogens is 265 g/mol. The molecular formula is C14H18FNO2S. The maximum absolute atomic E-state index is 12.7. The lowest BCUT2D eigenvalue weighted by Gasteiger charge is -2.15. The van der Waals surface area contributed by atoms with E-state index in [0.717, 1.165) is 36.7 Å². The number of carboxylic acid groups (broad SMARTS) is 1. The molecule has 1 fully saturated rings. The maximum atomic E-state index is 12.7. The lowest BCUT2D eigenvalue weighted by atomic mass is 10.1. The van der Waals surface area contributed by atoms with Crippen LogP contribution in [0.3, 0.4) is 0 Å². The number of carboxylic acids is 1. The summed E-state index contributed by atoms with van der Waals surface area (Å²) < 4.78 is 12.7. The Morgan fingerprint density at radius 2 is 2.16 bits per heavy atom. The van der Waals surface area contributed by atoms with Crippen LogP contribution < -0.4 is 0 Å². The average molecular weight is 283 g/mol. The molecule has 1 N–H and O–H groups in total. The molecule has 104 valence electrons. The minimum Gasteiger partial charge on any atom is -0.481 e. The summed E-state index contributed by atoms with van der Waals surface area (Å²) in [6.45, 7) is 2.83. The molecule has 0 aliphatic carbocycles. The Labute approximate surface area is 116 Å². The molecule has 0 saturated carbocycles. The van der Waals surface area contributed by atoms with E-state index in [-0.39, 0.29) is 12.2 Å². The Balaban J connectivity index is 1.66. The van der Waals surface area contributed by atoms with E-state index in [1.165, 1.54) is 12.1 Å². The highest BCUT2D eigenvalue weighted by Gasteiger charge is 2.23. The van der Waals surface area contributed by atoms with Crippen LogP contribution in [0.4, 0.5) is 4.39 Å². The van der Waals surface area contributed by atoms with Crippen LogP contribution in [0.1, 0.15) is 12.8 Å². The van der Waals surface area contributed by atoms with Crippen LogP contribution in [0.2, 0.25) is 0 Å². The van der Waals surface area contributed by atoms with Crippen LogP contribution in [0.25, 0.3) is 0 Å². The molecule has 0 amide bonds. The molecule has 0 spiro atoms. The second-order valence-electron chi connectivity index (χ2n) is 4.86. The van der Waals surface area contributed by atoms with E-state index < -0.39 is 5.97 Å². The molecule has 1 saturated heterocycles. The highest BCUT2D eigenvalue weighted by molar-refractivity contribution is 7.99. The molecule has 1 heterocycles. The van der Waals surface area contributed by atoms with Crippen molar-refractivity contribution in [3.63, 3.8) is 0 Å². The summed E-state index contributed by atoms with van der Waals surface area (Å²) in [6.07, 6.45) is 1.26. The molecule has 1 aromatic carbocycles. The molecule has 0 radical (unpaired) electrons. The number of rotatable bonds is 6. The van der Waals surface area contributed by atoms with Gasteiger partial charge in [0.05, 0.1) is 0 Å². The van der Waals surface area contributed by atoms with Crippen molar-refractivity contribution in [1.82, 2.24) is 4.90 Å². The van der Waals surface area contributed by atoms with E-state index in [4.69, 9.17) is 5.11 Å². The molecule has 1 aliphatic heterocycles. The standard InChI is InChI=1S/C14H18FNO2S/c15-12-1-3-13(4-2-12)19-8-7-16-6-5-11(10-16)9-14(17)18/h1-4,11H,5-10H2,(H,17,18). The topological polar surface area (TPSA) is 40.5 Å². The summed E-state index contributed by atoms with van der Waals surface area (Å²) in [4.78, 5) is 14.0. The number of nitrogens with zero attached hydrogens (tertiary/aromatic N) is 1. The van der Waals surface area contributed by atoms with Crippen LogP contribution >= 0.6 is 11.8 Å². The van der Waals surface area contributed by atoms with Crippen molar-refractivity contribution in [3.05, 3.63) is 30.1 Å². The molecule has 0 bridgehead atoms. The fraction of sp³-hybridized carbons (Fsp3) is 0.500. The third-order valence-electron chi connectivity index (χ3n) is 3.32. The number of benzene rings is 1. The second kappa shape index (κ2) is 6.91. The monoisotopic (exact) mass is 283 g/mol. The third kappa shape index (κ3) is 4.84. The zero-order valence-electron chi connectivity index (χ0n) is 10.7. The van der Waals surface area contributed by atoms with Crippen molar-refractivity contribution in [3.8, 4) is 0 Å². The fourth-order valence-corrected chi connectivity index (χ4v) is 3.27. The molecule has 1 atom stereocenters. The van der Waals surface area contributed by atoms with E-state index in [9.17, 15) is 9.18 Å². The Morgan fingerprint density at radius 3 is 2.84 bits per heavy atom. The SMILES string of the molecule is O=C(O)CC1CCN(CCSc2ccc(F)cc2)C1. The van der Waals surface area contributed by atoms with Crippen LogP contribution in [-0.2, 0) is 4.79 Å². The Morgan fingerprint density at radius 1 is 1.42 bits per heavy atom. The minimum atomic E-state index is -0.701. The maximum Gasteiger partial charge on any atom is 0.303 e. The summed E-state index contributed by atoms with van der Waals surface area (Å²) >= 11 is 1.71. The van der Waals surface area contributed by atoms with E-state index in [0.29, 0.717) is 5.92 Å². The van der Waals surface area contributed by atoms with Gasteiger partial charge in [-0.05, 0) is 43.1 Å². The molecule has 2 rings (SSSR count). The quantitative estimate of drug-likeness (QED) is 0.815. The number of hydrogen-bond acceptors (Lipinski definition) is 3. The third-order valence-corrected chi connectivity index (χ3v) is 4.32. The second-order valence-corrected chi connectivity index (χ2v) is 6.02. The zero-order valence-corrected chi connectivity index (χ0v) is 11.5. The fourth-order valence-electron chi connectivity index (χ4n) is 2.35. The van der Waals surface area contributed by atoms with Crippen LogP contribution in [-0.4, -0.2) is 41.4 Å². The first-order chi connectivity index (χ1) is 9.13. The van der Waals surface area contributed by atoms with E-state index in [1.807, 2.05) is 0 Å². The normalized spacial score (nSPS) is 19.7. The van der Waals surface area contributed by atoms with Gasteiger partial charge in [0.1, 0.15) is 5.82 Å². The van der Waals surface area contributed by atoms with E-state index in [1.54, 1.807) is 23.9 Å². The molecule has 3 nitrogen and oxygen atoms in total. The summed E-state index contributed by atoms with van der Waals surface area (Å²) in [6, 6.07) is 6.52. The summed E-state index contributed by atoms with van der Waals surface area (Å²) in [7, 11) is 0. The van der Waals surface area contributed by atoms with Crippen molar-refractivity contribution in [2.24, 2.45) is 5.92 Å². The van der Waals surface area contributed by atoms with Gasteiger partial charge in [0, 0.05) is 30.2 Å². The van der Waals surface area contributed by atoms with Crippen molar-refractivity contribution in [1.29, 1.82) is 0 Å². The van der Waals surface area contributed by atoms with Gasteiger partial charge in [-0.15, -0.1) is 11.8 Å². The molecule has 1 unspecified atom stereocenters. The highest BCUT2D eigenvalue weighted by atomic mass is 32.2. The summed E-state index contributed by atoms with van der Waals surface area (Å²) in [5.74, 6) is 0.340. The van der Waals surface area contributed by atoms with E-state index in [2.05, 4.69) is 4.90 Å². The molecule has 5 heteroatoms. The number of halogens is 1. The first-order valence-corrected chi connectivity index (χ1v) is 7.44. The number of carbonyl (C=O) groups is 1. The lowest BCUT2D eigenvalue weighted by Crippen LogP contribution is -2.23. The predicted molar refractivity (Wildman–Crippen MR) is 73.9 cm³/mol. The molecule has 1 aromatic rings. The van der Waals surface area contributed by atoms with Gasteiger partial charge in [-0.3, -0.25) is 4.79 Å². The first-order valence-electron chi connectivity index (χ1n) is 6.46. The van der Waals surface area contributed by atoms with Crippen molar-refractivity contribution < 1.29 is 14.3 Å². The largest absolute Gasteiger partial charge is 0.481 e. The number of hydrogen-bond donors (Lipinski definition) is 1. The van der Waals surface area contributed by atoms with Crippen LogP contribution in [0, 0.1) is 11.7 Å². The van der Waals surface area contributed by atoms with Crippen molar-refractivity contribution in [2.75, 3.05) is 25.4 Å². The van der Waals surface area contributed by atoms with Crippen molar-refractivity contribution in [2.45, 2.75) is 17.7 Å². The summed E-state index contributed by atoms with van der Waals surface area (Å²) in [5.41, 5.74) is 0. The zero-order chi connectivity index (χ0) is 13.7.